The second-order valence-corrected chi connectivity index (χ2v) is 2.19. The van der Waals surface area contributed by atoms with E-state index >= 15 is 0 Å². The Balaban J connectivity index is -0.0000000146. The van der Waals surface area contributed by atoms with Gasteiger partial charge in [-0.25, -0.2) is 0 Å². The van der Waals surface area contributed by atoms with Crippen LogP contribution in [0.15, 0.2) is 0 Å². The van der Waals surface area contributed by atoms with Crippen LogP contribution in [-0.2, 0) is 14.9 Å². The maximum atomic E-state index is 8.74. The molecule has 0 bridgehead atoms. The summed E-state index contributed by atoms with van der Waals surface area (Å²) >= 11 is 0. The van der Waals surface area contributed by atoms with Crippen LogP contribution in [-0.4, -0.2) is 36.3 Å². The molecular weight excluding hydrogens is 250 g/mol. The van der Waals surface area contributed by atoms with E-state index in [0.717, 1.165) is 0 Å². The average Bonchev–Trinajstić information content (AvgIpc) is 1.19. The van der Waals surface area contributed by atoms with Crippen molar-refractivity contribution in [3.8, 4) is 0 Å². The molecule has 0 radical (unpaired) electrons. The summed E-state index contributed by atoms with van der Waals surface area (Å²) in [4.78, 5) is 14.3. The zero-order chi connectivity index (χ0) is 8.08. The molecule has 0 rings (SSSR count). The van der Waals surface area contributed by atoms with Crippen LogP contribution < -0.4 is 103 Å². The minimum Gasteiger partial charge on any atom is -1.00 e. The summed E-state index contributed by atoms with van der Waals surface area (Å²) in [6.45, 7) is 0. The number of rotatable bonds is 0. The van der Waals surface area contributed by atoms with Gasteiger partial charge < -0.3 is 12.4 Å². The standard InChI is InChI=1S/2K.H2O4S.H2O3Si.2H/c;;1-5(2,3)4;1-4(2)3;;/h;;(H2,1,2,3,4);1-2H;;/q2*+1;;;2*-1. The Hall–Kier alpha value is 2.76. The van der Waals surface area contributed by atoms with Crippen molar-refractivity contribution in [2.45, 2.75) is 0 Å². The van der Waals surface area contributed by atoms with Crippen molar-refractivity contribution >= 4 is 19.6 Å². The third-order valence-corrected chi connectivity index (χ3v) is 0. The van der Waals surface area contributed by atoms with E-state index in [1.807, 2.05) is 0 Å². The molecule has 0 unspecified atom stereocenters. The minimum absolute atomic E-state index is 0. The van der Waals surface area contributed by atoms with E-state index in [-0.39, 0.29) is 106 Å². The SMILES string of the molecule is O=S(=O)(O)O.O=[Si](O)O.[H-].[H-].[K+].[K+]. The van der Waals surface area contributed by atoms with E-state index in [9.17, 15) is 0 Å². The predicted molar refractivity (Wildman–Crippen MR) is 27.3 cm³/mol. The first-order valence-electron chi connectivity index (χ1n) is 1.35. The van der Waals surface area contributed by atoms with Gasteiger partial charge in [-0.1, -0.05) is 0 Å². The Bertz CT molecular complexity index is 167. The quantitative estimate of drug-likeness (QED) is 0.250. The molecule has 0 atom stereocenters. The molecule has 0 saturated heterocycles. The fourth-order valence-electron chi connectivity index (χ4n) is 0. The van der Waals surface area contributed by atoms with Crippen molar-refractivity contribution in [3.05, 3.63) is 0 Å². The van der Waals surface area contributed by atoms with Gasteiger partial charge in [0.15, 0.2) is 0 Å². The Morgan fingerprint density at radius 2 is 1.09 bits per heavy atom. The first kappa shape index (κ1) is 23.5. The van der Waals surface area contributed by atoms with Crippen molar-refractivity contribution < 1.29 is 137 Å². The van der Waals surface area contributed by atoms with Gasteiger partial charge in [0, 0.05) is 0 Å². The van der Waals surface area contributed by atoms with Crippen LogP contribution in [0.2, 0.25) is 0 Å². The molecule has 0 amide bonds. The van der Waals surface area contributed by atoms with E-state index in [1.165, 1.54) is 0 Å². The minimum atomic E-state index is -4.67. The van der Waals surface area contributed by atoms with E-state index in [1.54, 1.807) is 0 Å². The van der Waals surface area contributed by atoms with Crippen LogP contribution in [0.5, 0.6) is 0 Å². The summed E-state index contributed by atoms with van der Waals surface area (Å²) in [6, 6.07) is 0. The van der Waals surface area contributed by atoms with E-state index in [2.05, 4.69) is 0 Å². The monoisotopic (exact) mass is 256 g/mol. The number of hydrogen-bond donors (Lipinski definition) is 4. The van der Waals surface area contributed by atoms with E-state index < -0.39 is 19.6 Å². The molecule has 4 N–H and O–H groups in total. The Morgan fingerprint density at radius 3 is 1.09 bits per heavy atom. The first-order chi connectivity index (χ1) is 3.73. The predicted octanol–water partition coefficient (Wildman–Crippen LogP) is -8.03. The van der Waals surface area contributed by atoms with Crippen molar-refractivity contribution in [2.24, 2.45) is 0 Å². The van der Waals surface area contributed by atoms with E-state index in [4.69, 9.17) is 31.6 Å². The molecule has 0 aromatic rings. The summed E-state index contributed by atoms with van der Waals surface area (Å²) in [5, 5.41) is 0. The van der Waals surface area contributed by atoms with Gasteiger partial charge in [-0.15, -0.1) is 0 Å². The van der Waals surface area contributed by atoms with Crippen LogP contribution in [0.4, 0.5) is 0 Å². The Morgan fingerprint density at radius 1 is 1.09 bits per heavy atom. The molecule has 0 aliphatic rings. The van der Waals surface area contributed by atoms with Gasteiger partial charge in [-0.3, -0.25) is 13.6 Å². The van der Waals surface area contributed by atoms with E-state index in [0.29, 0.717) is 0 Å². The fourth-order valence-corrected chi connectivity index (χ4v) is 0. The summed E-state index contributed by atoms with van der Waals surface area (Å²) in [5.74, 6) is 0. The van der Waals surface area contributed by atoms with Crippen LogP contribution in [0.1, 0.15) is 2.85 Å². The molecule has 11 heavy (non-hydrogen) atoms. The van der Waals surface area contributed by atoms with Gasteiger partial charge in [0.25, 0.3) is 0 Å². The van der Waals surface area contributed by atoms with Crippen LogP contribution in [0.3, 0.4) is 0 Å². The van der Waals surface area contributed by atoms with Crippen molar-refractivity contribution in [1.29, 1.82) is 0 Å². The molecule has 60 valence electrons. The van der Waals surface area contributed by atoms with Crippen LogP contribution in [0.25, 0.3) is 0 Å². The fraction of sp³-hybridized carbons (Fsp3) is 0. The molecule has 7 nitrogen and oxygen atoms in total. The molecule has 0 saturated carbocycles. The summed E-state index contributed by atoms with van der Waals surface area (Å²) in [7, 11) is -7.80. The van der Waals surface area contributed by atoms with Crippen LogP contribution in [0, 0.1) is 0 Å². The van der Waals surface area contributed by atoms with Gasteiger partial charge in [0.05, 0.1) is 0 Å². The molecule has 0 fully saturated rings. The summed E-state index contributed by atoms with van der Waals surface area (Å²) < 4.78 is 40.3. The van der Waals surface area contributed by atoms with Gasteiger partial charge in [0.1, 0.15) is 0 Å². The largest absolute Gasteiger partial charge is 1.00 e. The first-order valence-corrected chi connectivity index (χ1v) is 4.05. The maximum absolute atomic E-state index is 8.74. The molecule has 0 aliphatic carbocycles. The van der Waals surface area contributed by atoms with Crippen molar-refractivity contribution in [3.63, 3.8) is 0 Å². The Kier molecular flexibility index (Phi) is 27.3. The van der Waals surface area contributed by atoms with Gasteiger partial charge in [-0.05, 0) is 0 Å². The number of hydrogen-bond acceptors (Lipinski definition) is 3. The molecule has 0 spiro atoms. The molecule has 11 heteroatoms. The van der Waals surface area contributed by atoms with Crippen molar-refractivity contribution in [2.75, 3.05) is 0 Å². The second-order valence-electron chi connectivity index (χ2n) is 0.730. The normalized spacial score (nSPS) is 7.45. The molecular formula is H6K2O7SSi. The second kappa shape index (κ2) is 12.8. The molecule has 0 aromatic heterocycles. The maximum Gasteiger partial charge on any atom is 1.00 e. The van der Waals surface area contributed by atoms with Crippen molar-refractivity contribution in [1.82, 2.24) is 0 Å². The zero-order valence-corrected chi connectivity index (χ0v) is 14.0. The molecule has 0 heterocycles. The third-order valence-electron chi connectivity index (χ3n) is 0. The van der Waals surface area contributed by atoms with Gasteiger partial charge in [-0.2, -0.15) is 8.42 Å². The summed E-state index contributed by atoms with van der Waals surface area (Å²) in [5.41, 5.74) is 0. The topological polar surface area (TPSA) is 132 Å². The van der Waals surface area contributed by atoms with Gasteiger partial charge >= 0.3 is 122 Å². The molecule has 0 aliphatic heterocycles. The Labute approximate surface area is 153 Å². The summed E-state index contributed by atoms with van der Waals surface area (Å²) in [6.07, 6.45) is 0. The van der Waals surface area contributed by atoms with Crippen LogP contribution >= 0.6 is 0 Å². The van der Waals surface area contributed by atoms with Gasteiger partial charge in [0.2, 0.25) is 0 Å². The zero-order valence-electron chi connectivity index (χ0n) is 7.92. The average molecular weight is 256 g/mol. The third kappa shape index (κ3) is 194. The molecule has 0 aromatic carbocycles. The smallest absolute Gasteiger partial charge is 1.00 e.